The Hall–Kier alpha value is -0.790. The van der Waals surface area contributed by atoms with Crippen LogP contribution in [0.4, 0.5) is 0 Å². The fourth-order valence-electron chi connectivity index (χ4n) is 0.989. The van der Waals surface area contributed by atoms with E-state index in [-0.39, 0.29) is 5.91 Å². The van der Waals surface area contributed by atoms with Gasteiger partial charge in [0.05, 0.1) is 0 Å². The Bertz CT molecular complexity index is 159. The van der Waals surface area contributed by atoms with Crippen LogP contribution in [0.1, 0.15) is 27.7 Å². The smallest absolute Gasteiger partial charge is 0.247 e. The number of hydrogen-bond donors (Lipinski definition) is 1. The topological polar surface area (TPSA) is 29.1 Å². The van der Waals surface area contributed by atoms with Crippen molar-refractivity contribution in [3.05, 3.63) is 11.6 Å². The summed E-state index contributed by atoms with van der Waals surface area (Å²) < 4.78 is 0. The SMILES string of the molecule is C/C=C(/C(=O)NCC)C(C)C. The zero-order valence-electron chi connectivity index (χ0n) is 7.77. The Morgan fingerprint density at radius 3 is 2.36 bits per heavy atom. The van der Waals surface area contributed by atoms with Crippen LogP contribution in [-0.4, -0.2) is 12.5 Å². The van der Waals surface area contributed by atoms with Gasteiger partial charge in [0.25, 0.3) is 0 Å². The minimum atomic E-state index is 0.0602. The molecule has 0 aliphatic heterocycles. The van der Waals surface area contributed by atoms with Gasteiger partial charge in [0.2, 0.25) is 5.91 Å². The Balaban J connectivity index is 4.17. The van der Waals surface area contributed by atoms with Crippen molar-refractivity contribution < 1.29 is 4.79 Å². The zero-order chi connectivity index (χ0) is 8.85. The van der Waals surface area contributed by atoms with Crippen molar-refractivity contribution in [1.82, 2.24) is 5.32 Å². The molecule has 0 spiro atoms. The van der Waals surface area contributed by atoms with Gasteiger partial charge in [-0.05, 0) is 19.8 Å². The van der Waals surface area contributed by atoms with E-state index in [1.54, 1.807) is 0 Å². The van der Waals surface area contributed by atoms with E-state index in [2.05, 4.69) is 5.32 Å². The molecule has 1 N–H and O–H groups in total. The molecule has 0 fully saturated rings. The van der Waals surface area contributed by atoms with Crippen molar-refractivity contribution >= 4 is 5.91 Å². The van der Waals surface area contributed by atoms with Gasteiger partial charge >= 0.3 is 0 Å². The first kappa shape index (κ1) is 10.2. The molecule has 0 atom stereocenters. The van der Waals surface area contributed by atoms with Crippen LogP contribution >= 0.6 is 0 Å². The van der Waals surface area contributed by atoms with Crippen LogP contribution in [0.15, 0.2) is 11.6 Å². The maximum Gasteiger partial charge on any atom is 0.247 e. The highest BCUT2D eigenvalue weighted by molar-refractivity contribution is 5.93. The van der Waals surface area contributed by atoms with Gasteiger partial charge in [-0.25, -0.2) is 0 Å². The summed E-state index contributed by atoms with van der Waals surface area (Å²) in [6.45, 7) is 8.55. The number of allylic oxidation sites excluding steroid dienone is 1. The summed E-state index contributed by atoms with van der Waals surface area (Å²) in [5.74, 6) is 0.372. The van der Waals surface area contributed by atoms with Crippen molar-refractivity contribution in [2.75, 3.05) is 6.54 Å². The molecule has 0 rings (SSSR count). The van der Waals surface area contributed by atoms with Gasteiger partial charge in [0, 0.05) is 12.1 Å². The number of hydrogen-bond acceptors (Lipinski definition) is 1. The molecule has 2 heteroatoms. The highest BCUT2D eigenvalue weighted by Crippen LogP contribution is 2.08. The van der Waals surface area contributed by atoms with E-state index in [0.29, 0.717) is 12.5 Å². The third-order valence-corrected chi connectivity index (χ3v) is 1.53. The molecular weight excluding hydrogens is 138 g/mol. The molecule has 64 valence electrons. The second-order valence-corrected chi connectivity index (χ2v) is 2.76. The highest BCUT2D eigenvalue weighted by Gasteiger charge is 2.09. The van der Waals surface area contributed by atoms with Crippen LogP contribution in [0, 0.1) is 5.92 Å². The van der Waals surface area contributed by atoms with Gasteiger partial charge in [-0.3, -0.25) is 4.79 Å². The van der Waals surface area contributed by atoms with Gasteiger partial charge in [-0.2, -0.15) is 0 Å². The third kappa shape index (κ3) is 3.21. The van der Waals surface area contributed by atoms with E-state index in [1.165, 1.54) is 0 Å². The summed E-state index contributed by atoms with van der Waals surface area (Å²) in [6.07, 6.45) is 1.87. The van der Waals surface area contributed by atoms with Crippen molar-refractivity contribution in [3.8, 4) is 0 Å². The lowest BCUT2D eigenvalue weighted by Crippen LogP contribution is -2.26. The third-order valence-electron chi connectivity index (χ3n) is 1.53. The van der Waals surface area contributed by atoms with Crippen molar-refractivity contribution in [2.45, 2.75) is 27.7 Å². The molecule has 0 aliphatic carbocycles. The van der Waals surface area contributed by atoms with E-state index in [4.69, 9.17) is 0 Å². The second-order valence-electron chi connectivity index (χ2n) is 2.76. The summed E-state index contributed by atoms with van der Waals surface area (Å²) in [4.78, 5) is 11.2. The maximum absolute atomic E-state index is 11.2. The van der Waals surface area contributed by atoms with E-state index in [9.17, 15) is 4.79 Å². The molecule has 0 aromatic carbocycles. The number of nitrogens with one attached hydrogen (secondary N) is 1. The summed E-state index contributed by atoms with van der Waals surface area (Å²) in [7, 11) is 0. The van der Waals surface area contributed by atoms with E-state index in [1.807, 2.05) is 33.8 Å². The fourth-order valence-corrected chi connectivity index (χ4v) is 0.989. The van der Waals surface area contributed by atoms with Crippen LogP contribution in [-0.2, 0) is 4.79 Å². The maximum atomic E-state index is 11.2. The Kier molecular flexibility index (Phi) is 4.59. The summed E-state index contributed by atoms with van der Waals surface area (Å²) in [5.41, 5.74) is 0.867. The average Bonchev–Trinajstić information content (AvgIpc) is 1.88. The summed E-state index contributed by atoms with van der Waals surface area (Å²) in [6, 6.07) is 0. The highest BCUT2D eigenvalue weighted by atomic mass is 16.1. The number of carbonyl (C=O) groups excluding carboxylic acids is 1. The molecule has 0 bridgehead atoms. The largest absolute Gasteiger partial charge is 0.353 e. The normalized spacial score (nSPS) is 11.9. The van der Waals surface area contributed by atoms with Crippen LogP contribution in [0.25, 0.3) is 0 Å². The molecule has 11 heavy (non-hydrogen) atoms. The molecule has 2 nitrogen and oxygen atoms in total. The van der Waals surface area contributed by atoms with Crippen molar-refractivity contribution in [3.63, 3.8) is 0 Å². The first-order valence-electron chi connectivity index (χ1n) is 4.07. The lowest BCUT2D eigenvalue weighted by molar-refractivity contribution is -0.117. The lowest BCUT2D eigenvalue weighted by Gasteiger charge is -2.09. The van der Waals surface area contributed by atoms with Crippen LogP contribution in [0.2, 0.25) is 0 Å². The quantitative estimate of drug-likeness (QED) is 0.618. The number of amides is 1. The molecule has 0 aliphatic rings. The molecule has 0 saturated carbocycles. The van der Waals surface area contributed by atoms with Gasteiger partial charge < -0.3 is 5.32 Å². The molecule has 0 heterocycles. The zero-order valence-corrected chi connectivity index (χ0v) is 7.77. The first-order valence-corrected chi connectivity index (χ1v) is 4.07. The predicted octanol–water partition coefficient (Wildman–Crippen LogP) is 1.72. The van der Waals surface area contributed by atoms with Gasteiger partial charge in [0.15, 0.2) is 0 Å². The molecule has 0 saturated heterocycles. The predicted molar refractivity (Wildman–Crippen MR) is 47.3 cm³/mol. The first-order chi connectivity index (χ1) is 5.13. The standard InChI is InChI=1S/C9H17NO/c1-5-8(7(3)4)9(11)10-6-2/h5,7H,6H2,1-4H3,(H,10,11)/b8-5+. The van der Waals surface area contributed by atoms with Crippen molar-refractivity contribution in [1.29, 1.82) is 0 Å². The molecule has 0 aromatic rings. The van der Waals surface area contributed by atoms with Crippen LogP contribution < -0.4 is 5.32 Å². The summed E-state index contributed by atoms with van der Waals surface area (Å²) >= 11 is 0. The monoisotopic (exact) mass is 155 g/mol. The average molecular weight is 155 g/mol. The van der Waals surface area contributed by atoms with E-state index < -0.39 is 0 Å². The molecular formula is C9H17NO. The van der Waals surface area contributed by atoms with E-state index >= 15 is 0 Å². The minimum absolute atomic E-state index is 0.0602. The number of carbonyl (C=O) groups is 1. The summed E-state index contributed by atoms with van der Waals surface area (Å²) in [5, 5.41) is 2.77. The Labute approximate surface area is 68.7 Å². The van der Waals surface area contributed by atoms with E-state index in [0.717, 1.165) is 5.57 Å². The molecule has 0 radical (unpaired) electrons. The minimum Gasteiger partial charge on any atom is -0.353 e. The van der Waals surface area contributed by atoms with Gasteiger partial charge in [-0.15, -0.1) is 0 Å². The molecule has 0 aromatic heterocycles. The molecule has 1 amide bonds. The van der Waals surface area contributed by atoms with Gasteiger partial charge in [0.1, 0.15) is 0 Å². The lowest BCUT2D eigenvalue weighted by atomic mass is 10.0. The van der Waals surface area contributed by atoms with Gasteiger partial charge in [-0.1, -0.05) is 19.9 Å². The molecule has 0 unspecified atom stereocenters. The van der Waals surface area contributed by atoms with Crippen LogP contribution in [0.5, 0.6) is 0 Å². The number of rotatable bonds is 3. The Morgan fingerprint density at radius 2 is 2.09 bits per heavy atom. The Morgan fingerprint density at radius 1 is 1.55 bits per heavy atom. The van der Waals surface area contributed by atoms with Crippen molar-refractivity contribution in [2.24, 2.45) is 5.92 Å². The second kappa shape index (κ2) is 4.94. The fraction of sp³-hybridized carbons (Fsp3) is 0.667. The van der Waals surface area contributed by atoms with Crippen LogP contribution in [0.3, 0.4) is 0 Å². The number of likely N-dealkylation sites (N-methyl/N-ethyl adjacent to an activating group) is 1.